The molecule has 1 aliphatic rings. The van der Waals surface area contributed by atoms with Crippen LogP contribution in [0.2, 0.25) is 10.0 Å². The molecule has 0 unspecified atom stereocenters. The van der Waals surface area contributed by atoms with Crippen LogP contribution in [-0.4, -0.2) is 40.6 Å². The molecule has 3 amide bonds. The lowest BCUT2D eigenvalue weighted by Gasteiger charge is -2.21. The number of rotatable bonds is 2. The van der Waals surface area contributed by atoms with E-state index in [0.717, 1.165) is 4.90 Å². The molecule has 20 heavy (non-hydrogen) atoms. The minimum Gasteiger partial charge on any atom is -0.391 e. The number of hydrogen-bond acceptors (Lipinski definition) is 3. The zero-order chi connectivity index (χ0) is 14.9. The van der Waals surface area contributed by atoms with Gasteiger partial charge in [-0.2, -0.15) is 0 Å². The van der Waals surface area contributed by atoms with Crippen molar-refractivity contribution in [2.75, 3.05) is 11.9 Å². The molecule has 0 spiro atoms. The lowest BCUT2D eigenvalue weighted by molar-refractivity contribution is -0.119. The highest BCUT2D eigenvalue weighted by Gasteiger charge is 2.38. The summed E-state index contributed by atoms with van der Waals surface area (Å²) in [5.74, 6) is -0.432. The maximum Gasteiger partial charge on any atom is 0.315 e. The molecule has 0 bridgehead atoms. The van der Waals surface area contributed by atoms with Gasteiger partial charge in [0.2, 0.25) is 5.91 Å². The van der Waals surface area contributed by atoms with Gasteiger partial charge < -0.3 is 21.1 Å². The molecular weight excluding hydrogens is 305 g/mol. The molecule has 0 saturated carbocycles. The Morgan fingerprint density at radius 3 is 2.65 bits per heavy atom. The van der Waals surface area contributed by atoms with Gasteiger partial charge >= 0.3 is 6.03 Å². The third-order valence-corrected chi connectivity index (χ3v) is 3.79. The van der Waals surface area contributed by atoms with Crippen LogP contribution in [0.15, 0.2) is 18.2 Å². The van der Waals surface area contributed by atoms with Crippen LogP contribution in [0, 0.1) is 0 Å². The number of β-amino-alcohol motifs (C(OH)–C–C–N with tert-alkyl or cyclic N) is 1. The minimum absolute atomic E-state index is 0.0504. The molecule has 4 N–H and O–H groups in total. The van der Waals surface area contributed by atoms with Gasteiger partial charge in [-0.05, 0) is 18.2 Å². The second-order valence-corrected chi connectivity index (χ2v) is 5.33. The summed E-state index contributed by atoms with van der Waals surface area (Å²) >= 11 is 11.6. The molecule has 2 atom stereocenters. The van der Waals surface area contributed by atoms with Crippen molar-refractivity contribution < 1.29 is 14.7 Å². The lowest BCUT2D eigenvalue weighted by Crippen LogP contribution is -2.45. The number of primary amides is 1. The Labute approximate surface area is 125 Å². The van der Waals surface area contributed by atoms with Gasteiger partial charge in [-0.25, -0.2) is 4.79 Å². The van der Waals surface area contributed by atoms with E-state index in [0.29, 0.717) is 15.7 Å². The molecule has 1 aromatic rings. The highest BCUT2D eigenvalue weighted by molar-refractivity contribution is 6.42. The molecule has 108 valence electrons. The Hall–Kier alpha value is -1.50. The van der Waals surface area contributed by atoms with Crippen LogP contribution in [0.1, 0.15) is 6.42 Å². The van der Waals surface area contributed by atoms with Gasteiger partial charge in [0.25, 0.3) is 0 Å². The molecule has 0 aromatic heterocycles. The van der Waals surface area contributed by atoms with Crippen LogP contribution >= 0.6 is 23.2 Å². The molecule has 1 heterocycles. The summed E-state index contributed by atoms with van der Waals surface area (Å²) in [7, 11) is 0. The van der Waals surface area contributed by atoms with Crippen molar-refractivity contribution in [2.45, 2.75) is 18.6 Å². The van der Waals surface area contributed by atoms with E-state index in [1.165, 1.54) is 6.07 Å². The Morgan fingerprint density at radius 1 is 1.35 bits per heavy atom. The zero-order valence-electron chi connectivity index (χ0n) is 10.3. The number of nitrogens with one attached hydrogen (secondary N) is 1. The summed E-state index contributed by atoms with van der Waals surface area (Å²) < 4.78 is 0. The van der Waals surface area contributed by atoms with Crippen LogP contribution in [0.25, 0.3) is 0 Å². The number of hydrogen-bond donors (Lipinski definition) is 3. The van der Waals surface area contributed by atoms with E-state index in [-0.39, 0.29) is 13.0 Å². The van der Waals surface area contributed by atoms with E-state index in [1.807, 2.05) is 0 Å². The summed E-state index contributed by atoms with van der Waals surface area (Å²) in [6.45, 7) is 0.0504. The molecule has 0 radical (unpaired) electrons. The summed E-state index contributed by atoms with van der Waals surface area (Å²) in [5.41, 5.74) is 5.64. The third kappa shape index (κ3) is 3.15. The number of nitrogens with two attached hydrogens (primary N) is 1. The first-order valence-electron chi connectivity index (χ1n) is 5.88. The molecule has 6 nitrogen and oxygen atoms in total. The maximum absolute atomic E-state index is 12.1. The van der Waals surface area contributed by atoms with Gasteiger partial charge in [0, 0.05) is 18.7 Å². The van der Waals surface area contributed by atoms with Gasteiger partial charge in [-0.3, -0.25) is 4.79 Å². The van der Waals surface area contributed by atoms with Crippen molar-refractivity contribution in [2.24, 2.45) is 5.73 Å². The van der Waals surface area contributed by atoms with Crippen molar-refractivity contribution in [3.05, 3.63) is 28.2 Å². The van der Waals surface area contributed by atoms with E-state index in [2.05, 4.69) is 5.32 Å². The largest absolute Gasteiger partial charge is 0.391 e. The van der Waals surface area contributed by atoms with Crippen molar-refractivity contribution in [3.63, 3.8) is 0 Å². The number of carbonyl (C=O) groups excluding carboxylic acids is 2. The van der Waals surface area contributed by atoms with Gasteiger partial charge in [0.05, 0.1) is 16.1 Å². The highest BCUT2D eigenvalue weighted by atomic mass is 35.5. The first kappa shape index (κ1) is 14.9. The number of anilines is 1. The van der Waals surface area contributed by atoms with Crippen LogP contribution < -0.4 is 11.1 Å². The maximum atomic E-state index is 12.1. The number of likely N-dealkylation sites (tertiary alicyclic amines) is 1. The van der Waals surface area contributed by atoms with Crippen molar-refractivity contribution >= 4 is 40.8 Å². The zero-order valence-corrected chi connectivity index (χ0v) is 11.9. The van der Waals surface area contributed by atoms with E-state index in [4.69, 9.17) is 28.9 Å². The van der Waals surface area contributed by atoms with E-state index >= 15 is 0 Å². The number of carbonyl (C=O) groups is 2. The normalized spacial score (nSPS) is 21.9. The van der Waals surface area contributed by atoms with Crippen LogP contribution in [0.5, 0.6) is 0 Å². The first-order chi connectivity index (χ1) is 9.38. The highest BCUT2D eigenvalue weighted by Crippen LogP contribution is 2.26. The number of nitrogens with zero attached hydrogens (tertiary/aromatic N) is 1. The van der Waals surface area contributed by atoms with Crippen LogP contribution in [0.3, 0.4) is 0 Å². The van der Waals surface area contributed by atoms with Crippen LogP contribution in [0.4, 0.5) is 10.5 Å². The number of urea groups is 1. The summed E-state index contributed by atoms with van der Waals surface area (Å²) in [4.78, 5) is 24.5. The molecule has 1 aliphatic heterocycles. The van der Waals surface area contributed by atoms with Gasteiger partial charge in [0.15, 0.2) is 0 Å². The summed E-state index contributed by atoms with van der Waals surface area (Å²) in [5, 5.41) is 12.8. The van der Waals surface area contributed by atoms with Gasteiger partial charge in [-0.15, -0.1) is 0 Å². The monoisotopic (exact) mass is 317 g/mol. The average Bonchev–Trinajstić information content (AvgIpc) is 2.76. The number of benzene rings is 1. The van der Waals surface area contributed by atoms with Crippen molar-refractivity contribution in [1.82, 2.24) is 4.90 Å². The molecule has 0 aliphatic carbocycles. The smallest absolute Gasteiger partial charge is 0.315 e. The van der Waals surface area contributed by atoms with Crippen molar-refractivity contribution in [3.8, 4) is 0 Å². The number of aliphatic hydroxyl groups excluding tert-OH is 1. The number of halogens is 2. The Balaban J connectivity index is 2.11. The second kappa shape index (κ2) is 5.87. The van der Waals surface area contributed by atoms with Gasteiger partial charge in [-0.1, -0.05) is 23.2 Å². The number of aliphatic hydroxyl groups is 1. The molecule has 1 fully saturated rings. The molecule has 1 saturated heterocycles. The standard InChI is InChI=1S/C12H13Cl2N3O3/c13-8-2-1-6(3-9(8)14)16-11(19)10-4-7(18)5-17(10)12(15)20/h1-3,7,10,18H,4-5H2,(H2,15,20)(H,16,19)/t7-,10+/m1/s1. The average molecular weight is 318 g/mol. The topological polar surface area (TPSA) is 95.7 Å². The third-order valence-electron chi connectivity index (χ3n) is 3.05. The van der Waals surface area contributed by atoms with E-state index in [1.54, 1.807) is 12.1 Å². The van der Waals surface area contributed by atoms with Crippen molar-refractivity contribution in [1.29, 1.82) is 0 Å². The van der Waals surface area contributed by atoms with Gasteiger partial charge in [0.1, 0.15) is 6.04 Å². The Kier molecular flexibility index (Phi) is 4.37. The molecular formula is C12H13Cl2N3O3. The van der Waals surface area contributed by atoms with E-state index in [9.17, 15) is 14.7 Å². The fourth-order valence-electron chi connectivity index (χ4n) is 2.11. The summed E-state index contributed by atoms with van der Waals surface area (Å²) in [6, 6.07) is 3.11. The van der Waals surface area contributed by atoms with Crippen LogP contribution in [-0.2, 0) is 4.79 Å². The lowest BCUT2D eigenvalue weighted by atomic mass is 10.2. The molecule has 2 rings (SSSR count). The number of amides is 3. The Bertz CT molecular complexity index is 553. The molecule has 1 aromatic carbocycles. The predicted molar refractivity (Wildman–Crippen MR) is 75.8 cm³/mol. The first-order valence-corrected chi connectivity index (χ1v) is 6.64. The fraction of sp³-hybridized carbons (Fsp3) is 0.333. The quantitative estimate of drug-likeness (QED) is 0.770. The fourth-order valence-corrected chi connectivity index (χ4v) is 2.40. The Morgan fingerprint density at radius 2 is 2.05 bits per heavy atom. The predicted octanol–water partition coefficient (Wildman–Crippen LogP) is 1.45. The van der Waals surface area contributed by atoms with E-state index < -0.39 is 24.1 Å². The summed E-state index contributed by atoms with van der Waals surface area (Å²) in [6.07, 6.45) is -0.608. The SMILES string of the molecule is NC(=O)N1C[C@H](O)C[C@H]1C(=O)Nc1ccc(Cl)c(Cl)c1. The minimum atomic E-state index is -0.794. The second-order valence-electron chi connectivity index (χ2n) is 4.51. The molecule has 8 heteroatoms.